The SMILES string of the molecule is Cc1ccc(N=C2S/C(=C\c3ccccc3)C(=O)N2CN(C)C)cc1. The third-order valence-corrected chi connectivity index (χ3v) is 4.68. The van der Waals surface area contributed by atoms with Gasteiger partial charge in [-0.25, -0.2) is 4.99 Å². The van der Waals surface area contributed by atoms with E-state index in [1.54, 1.807) is 4.90 Å². The van der Waals surface area contributed by atoms with Gasteiger partial charge in [0.05, 0.1) is 17.3 Å². The molecule has 0 spiro atoms. The molecule has 0 radical (unpaired) electrons. The predicted molar refractivity (Wildman–Crippen MR) is 106 cm³/mol. The second-order valence-corrected chi connectivity index (χ2v) is 7.21. The van der Waals surface area contributed by atoms with Crippen molar-refractivity contribution in [2.75, 3.05) is 20.8 Å². The Morgan fingerprint density at radius 1 is 1.08 bits per heavy atom. The summed E-state index contributed by atoms with van der Waals surface area (Å²) >= 11 is 1.42. The van der Waals surface area contributed by atoms with E-state index in [0.717, 1.165) is 11.3 Å². The van der Waals surface area contributed by atoms with Crippen LogP contribution in [0, 0.1) is 6.92 Å². The Morgan fingerprint density at radius 2 is 1.76 bits per heavy atom. The number of aliphatic imine (C=N–C) groups is 1. The second-order valence-electron chi connectivity index (χ2n) is 6.21. The van der Waals surface area contributed by atoms with E-state index in [0.29, 0.717) is 16.7 Å². The van der Waals surface area contributed by atoms with Gasteiger partial charge in [0, 0.05) is 0 Å². The highest BCUT2D eigenvalue weighted by Crippen LogP contribution is 2.34. The molecule has 1 aliphatic heterocycles. The number of amides is 1. The molecule has 4 nitrogen and oxygen atoms in total. The Morgan fingerprint density at radius 3 is 2.40 bits per heavy atom. The Kier molecular flexibility index (Phi) is 5.36. The number of carbonyl (C=O) groups is 1. The molecule has 0 saturated carbocycles. The maximum Gasteiger partial charge on any atom is 0.267 e. The van der Waals surface area contributed by atoms with Gasteiger partial charge in [0.1, 0.15) is 0 Å². The van der Waals surface area contributed by atoms with Crippen molar-refractivity contribution in [2.45, 2.75) is 6.92 Å². The Balaban J connectivity index is 1.94. The largest absolute Gasteiger partial charge is 0.292 e. The number of benzene rings is 2. The predicted octanol–water partition coefficient (Wildman–Crippen LogP) is 4.12. The van der Waals surface area contributed by atoms with Crippen LogP contribution in [0.1, 0.15) is 11.1 Å². The quantitative estimate of drug-likeness (QED) is 0.778. The van der Waals surface area contributed by atoms with E-state index in [1.165, 1.54) is 17.3 Å². The van der Waals surface area contributed by atoms with E-state index in [9.17, 15) is 4.79 Å². The lowest BCUT2D eigenvalue weighted by atomic mass is 10.2. The first kappa shape index (κ1) is 17.5. The number of hydrogen-bond donors (Lipinski definition) is 0. The van der Waals surface area contributed by atoms with Crippen molar-refractivity contribution in [3.05, 3.63) is 70.6 Å². The second kappa shape index (κ2) is 7.68. The standard InChI is InChI=1S/C20H21N3OS/c1-15-9-11-17(12-10-15)21-20-23(14-22(2)3)19(24)18(25-20)13-16-7-5-4-6-8-16/h4-13H,14H2,1-3H3/b18-13-,21-20?. The van der Waals surface area contributed by atoms with Crippen molar-refractivity contribution in [3.63, 3.8) is 0 Å². The number of amidine groups is 1. The zero-order valence-corrected chi connectivity index (χ0v) is 15.5. The molecular formula is C20H21N3OS. The van der Waals surface area contributed by atoms with Crippen molar-refractivity contribution in [3.8, 4) is 0 Å². The van der Waals surface area contributed by atoms with Crippen LogP contribution in [0.25, 0.3) is 6.08 Å². The minimum absolute atomic E-state index is 0.00610. The van der Waals surface area contributed by atoms with Gasteiger partial charge < -0.3 is 0 Å². The van der Waals surface area contributed by atoms with Crippen LogP contribution in [0.15, 0.2) is 64.5 Å². The lowest BCUT2D eigenvalue weighted by Gasteiger charge is -2.20. The molecule has 0 aliphatic carbocycles. The third-order valence-electron chi connectivity index (χ3n) is 3.67. The van der Waals surface area contributed by atoms with Crippen LogP contribution in [-0.2, 0) is 4.79 Å². The van der Waals surface area contributed by atoms with Crippen LogP contribution in [0.5, 0.6) is 0 Å². The molecule has 0 bridgehead atoms. The van der Waals surface area contributed by atoms with Crippen molar-refractivity contribution < 1.29 is 4.79 Å². The molecule has 0 aromatic heterocycles. The number of rotatable bonds is 4. The summed E-state index contributed by atoms with van der Waals surface area (Å²) in [6.07, 6.45) is 1.92. The first-order valence-corrected chi connectivity index (χ1v) is 8.91. The molecule has 3 rings (SSSR count). The number of aryl methyl sites for hydroxylation is 1. The van der Waals surface area contributed by atoms with E-state index in [1.807, 2.05) is 86.6 Å². The maximum absolute atomic E-state index is 12.8. The Hall–Kier alpha value is -2.37. The Labute approximate surface area is 152 Å². The molecule has 25 heavy (non-hydrogen) atoms. The molecule has 0 unspecified atom stereocenters. The first-order valence-electron chi connectivity index (χ1n) is 8.09. The molecule has 1 heterocycles. The van der Waals surface area contributed by atoms with Crippen molar-refractivity contribution in [2.24, 2.45) is 4.99 Å². The summed E-state index contributed by atoms with van der Waals surface area (Å²) in [4.78, 5) is 21.9. The number of hydrogen-bond acceptors (Lipinski definition) is 4. The lowest BCUT2D eigenvalue weighted by molar-refractivity contribution is -0.123. The van der Waals surface area contributed by atoms with E-state index >= 15 is 0 Å². The van der Waals surface area contributed by atoms with Crippen LogP contribution in [0.4, 0.5) is 5.69 Å². The van der Waals surface area contributed by atoms with Gasteiger partial charge in [0.2, 0.25) is 0 Å². The summed E-state index contributed by atoms with van der Waals surface area (Å²) in [6, 6.07) is 17.9. The number of carbonyl (C=O) groups excluding carboxylic acids is 1. The fourth-order valence-electron chi connectivity index (χ4n) is 2.43. The van der Waals surface area contributed by atoms with Gasteiger partial charge in [-0.05, 0) is 56.6 Å². The Bertz CT molecular complexity index is 811. The molecule has 1 saturated heterocycles. The zero-order chi connectivity index (χ0) is 17.8. The minimum Gasteiger partial charge on any atom is -0.292 e. The van der Waals surface area contributed by atoms with Crippen LogP contribution in [-0.4, -0.2) is 41.6 Å². The molecule has 2 aromatic rings. The van der Waals surface area contributed by atoms with Crippen LogP contribution in [0.2, 0.25) is 0 Å². The average Bonchev–Trinajstić information content (AvgIpc) is 2.86. The molecule has 1 amide bonds. The lowest BCUT2D eigenvalue weighted by Crippen LogP contribution is -2.37. The highest BCUT2D eigenvalue weighted by Gasteiger charge is 2.33. The van der Waals surface area contributed by atoms with Crippen LogP contribution in [0.3, 0.4) is 0 Å². The van der Waals surface area contributed by atoms with Gasteiger partial charge in [-0.3, -0.25) is 14.6 Å². The van der Waals surface area contributed by atoms with E-state index < -0.39 is 0 Å². The van der Waals surface area contributed by atoms with Crippen molar-refractivity contribution >= 4 is 34.6 Å². The number of thioether (sulfide) groups is 1. The zero-order valence-electron chi connectivity index (χ0n) is 14.6. The van der Waals surface area contributed by atoms with Gasteiger partial charge in [0.15, 0.2) is 5.17 Å². The summed E-state index contributed by atoms with van der Waals surface area (Å²) in [5.74, 6) is -0.00610. The molecule has 2 aromatic carbocycles. The van der Waals surface area contributed by atoms with Gasteiger partial charge in [0.25, 0.3) is 5.91 Å². The fourth-order valence-corrected chi connectivity index (χ4v) is 3.42. The molecule has 0 N–H and O–H groups in total. The molecule has 0 atom stereocenters. The summed E-state index contributed by atoms with van der Waals surface area (Å²) in [6.45, 7) is 2.55. The first-order chi connectivity index (χ1) is 12.0. The minimum atomic E-state index is -0.00610. The van der Waals surface area contributed by atoms with Crippen LogP contribution < -0.4 is 0 Å². The van der Waals surface area contributed by atoms with Crippen molar-refractivity contribution in [1.82, 2.24) is 9.80 Å². The molecule has 128 valence electrons. The summed E-state index contributed by atoms with van der Waals surface area (Å²) in [7, 11) is 3.89. The van der Waals surface area contributed by atoms with Gasteiger partial charge in [-0.2, -0.15) is 0 Å². The van der Waals surface area contributed by atoms with Gasteiger partial charge in [-0.1, -0.05) is 48.0 Å². The van der Waals surface area contributed by atoms with Crippen LogP contribution >= 0.6 is 11.8 Å². The highest BCUT2D eigenvalue weighted by molar-refractivity contribution is 8.18. The van der Waals surface area contributed by atoms with Gasteiger partial charge in [-0.15, -0.1) is 0 Å². The summed E-state index contributed by atoms with van der Waals surface area (Å²) < 4.78 is 0. The summed E-state index contributed by atoms with van der Waals surface area (Å²) in [5.41, 5.74) is 3.05. The molecule has 1 aliphatic rings. The molecule has 1 fully saturated rings. The van der Waals surface area contributed by atoms with Gasteiger partial charge >= 0.3 is 0 Å². The topological polar surface area (TPSA) is 35.9 Å². The van der Waals surface area contributed by atoms with E-state index in [-0.39, 0.29) is 5.91 Å². The fraction of sp³-hybridized carbons (Fsp3) is 0.200. The van der Waals surface area contributed by atoms with E-state index in [2.05, 4.69) is 0 Å². The normalized spacial score (nSPS) is 17.9. The molecule has 5 heteroatoms. The average molecular weight is 351 g/mol. The monoisotopic (exact) mass is 351 g/mol. The number of nitrogens with zero attached hydrogens (tertiary/aromatic N) is 3. The highest BCUT2D eigenvalue weighted by atomic mass is 32.2. The third kappa shape index (κ3) is 4.38. The smallest absolute Gasteiger partial charge is 0.267 e. The molecular weight excluding hydrogens is 330 g/mol. The summed E-state index contributed by atoms with van der Waals surface area (Å²) in [5, 5.41) is 0.713. The maximum atomic E-state index is 12.8. The van der Waals surface area contributed by atoms with E-state index in [4.69, 9.17) is 4.99 Å². The van der Waals surface area contributed by atoms with Crippen molar-refractivity contribution in [1.29, 1.82) is 0 Å².